The predicted molar refractivity (Wildman–Crippen MR) is 122 cm³/mol. The molecule has 0 aliphatic carbocycles. The van der Waals surface area contributed by atoms with Crippen molar-refractivity contribution in [2.45, 2.75) is 12.5 Å². The fourth-order valence-corrected chi connectivity index (χ4v) is 5.22. The molecule has 11 heteroatoms. The number of barbiturate groups is 1. The lowest BCUT2D eigenvalue weighted by Crippen LogP contribution is -2.75. The number of nitrogens with one attached hydrogen (secondary N) is 1. The van der Waals surface area contributed by atoms with Gasteiger partial charge < -0.3 is 14.5 Å². The summed E-state index contributed by atoms with van der Waals surface area (Å²) >= 11 is 0. The molecule has 0 saturated carbocycles. The number of amides is 4. The maximum atomic E-state index is 14.1. The van der Waals surface area contributed by atoms with E-state index in [4.69, 9.17) is 4.74 Å². The topological polar surface area (TPSA) is 125 Å². The number of methoxy groups -OCH3 is 1. The number of anilines is 2. The highest BCUT2D eigenvalue weighted by Crippen LogP contribution is 2.47. The number of rotatable bonds is 3. The lowest BCUT2D eigenvalue weighted by molar-refractivity contribution is -0.384. The Bertz CT molecular complexity index is 1210. The molecule has 0 unspecified atom stereocenters. The Morgan fingerprint density at radius 2 is 1.85 bits per heavy atom. The van der Waals surface area contributed by atoms with Gasteiger partial charge in [0.15, 0.2) is 5.41 Å². The van der Waals surface area contributed by atoms with E-state index in [1.807, 2.05) is 16.8 Å². The monoisotopic (exact) mass is 465 g/mol. The zero-order valence-corrected chi connectivity index (χ0v) is 18.7. The smallest absolute Gasteiger partial charge is 0.335 e. The van der Waals surface area contributed by atoms with Crippen LogP contribution in [0.1, 0.15) is 5.56 Å². The second kappa shape index (κ2) is 7.80. The Labute approximate surface area is 195 Å². The minimum absolute atomic E-state index is 0.0520. The van der Waals surface area contributed by atoms with Crippen LogP contribution in [0.3, 0.4) is 0 Å². The van der Waals surface area contributed by atoms with Crippen LogP contribution in [0.2, 0.25) is 0 Å². The van der Waals surface area contributed by atoms with Crippen molar-refractivity contribution in [1.82, 2.24) is 10.2 Å². The van der Waals surface area contributed by atoms with Gasteiger partial charge in [-0.05, 0) is 42.9 Å². The highest BCUT2D eigenvalue weighted by Gasteiger charge is 2.63. The van der Waals surface area contributed by atoms with Crippen molar-refractivity contribution < 1.29 is 24.0 Å². The van der Waals surface area contributed by atoms with Crippen molar-refractivity contribution in [3.63, 3.8) is 0 Å². The van der Waals surface area contributed by atoms with Gasteiger partial charge in [-0.2, -0.15) is 0 Å². The lowest BCUT2D eigenvalue weighted by atomic mass is 9.67. The summed E-state index contributed by atoms with van der Waals surface area (Å²) in [5.74, 6) is -0.776. The van der Waals surface area contributed by atoms with Gasteiger partial charge in [-0.15, -0.1) is 0 Å². The summed E-state index contributed by atoms with van der Waals surface area (Å²) in [6, 6.07) is 9.54. The number of imide groups is 2. The molecular weight excluding hydrogens is 442 g/mol. The Kier molecular flexibility index (Phi) is 5.01. The molecule has 1 spiro atoms. The van der Waals surface area contributed by atoms with Crippen LogP contribution >= 0.6 is 0 Å². The molecule has 0 bridgehead atoms. The Morgan fingerprint density at radius 3 is 2.53 bits per heavy atom. The van der Waals surface area contributed by atoms with Gasteiger partial charge in [-0.1, -0.05) is 0 Å². The van der Waals surface area contributed by atoms with Crippen molar-refractivity contribution >= 4 is 34.9 Å². The third kappa shape index (κ3) is 3.11. The molecule has 2 fully saturated rings. The molecule has 2 aromatic rings. The maximum absolute atomic E-state index is 14.1. The van der Waals surface area contributed by atoms with Crippen molar-refractivity contribution in [3.05, 3.63) is 58.1 Å². The first-order valence-corrected chi connectivity index (χ1v) is 10.8. The van der Waals surface area contributed by atoms with E-state index in [1.54, 1.807) is 30.3 Å². The van der Waals surface area contributed by atoms with Gasteiger partial charge >= 0.3 is 6.03 Å². The number of benzene rings is 2. The van der Waals surface area contributed by atoms with Gasteiger partial charge in [-0.25, -0.2) is 9.69 Å². The molecule has 2 aromatic carbocycles. The summed E-state index contributed by atoms with van der Waals surface area (Å²) in [5, 5.41) is 13.8. The van der Waals surface area contributed by atoms with Crippen LogP contribution in [0.5, 0.6) is 5.75 Å². The van der Waals surface area contributed by atoms with E-state index in [1.165, 1.54) is 19.2 Å². The number of nitrogens with zero attached hydrogens (tertiary/aromatic N) is 4. The number of nitro groups is 1. The number of non-ortho nitro benzene ring substituents is 1. The number of ether oxygens (including phenoxy) is 1. The van der Waals surface area contributed by atoms with Crippen molar-refractivity contribution in [3.8, 4) is 5.75 Å². The van der Waals surface area contributed by atoms with Crippen LogP contribution in [0.4, 0.5) is 21.9 Å². The van der Waals surface area contributed by atoms with Crippen LogP contribution in [0.15, 0.2) is 42.5 Å². The molecule has 34 heavy (non-hydrogen) atoms. The third-order valence-electron chi connectivity index (χ3n) is 6.95. The molecule has 1 N–H and O–H groups in total. The number of hydrogen-bond acceptors (Lipinski definition) is 8. The van der Waals surface area contributed by atoms with Gasteiger partial charge in [0.25, 0.3) is 11.6 Å². The summed E-state index contributed by atoms with van der Waals surface area (Å²) in [6.45, 7) is 1.64. The Balaban J connectivity index is 1.66. The number of fused-ring (bicyclic) bond motifs is 4. The molecule has 176 valence electrons. The van der Waals surface area contributed by atoms with E-state index >= 15 is 0 Å². The number of carbonyl (C=O) groups excluding carboxylic acids is 3. The number of piperazine rings is 1. The minimum atomic E-state index is -1.63. The molecule has 11 nitrogen and oxygen atoms in total. The summed E-state index contributed by atoms with van der Waals surface area (Å²) in [4.78, 5) is 56.3. The average Bonchev–Trinajstić information content (AvgIpc) is 2.82. The van der Waals surface area contributed by atoms with Crippen LogP contribution in [-0.2, 0) is 16.0 Å². The molecule has 3 aliphatic rings. The van der Waals surface area contributed by atoms with Gasteiger partial charge in [0.2, 0.25) is 5.91 Å². The highest BCUT2D eigenvalue weighted by molar-refractivity contribution is 6.30. The summed E-state index contributed by atoms with van der Waals surface area (Å²) in [5.41, 5.74) is -0.153. The molecule has 2 saturated heterocycles. The molecule has 0 radical (unpaired) electrons. The number of urea groups is 1. The number of nitro benzene ring substituents is 1. The van der Waals surface area contributed by atoms with E-state index in [9.17, 15) is 24.5 Å². The molecular formula is C23H23N5O6. The standard InChI is InChI=1S/C23H23N5O6/c1-25-9-10-26-18-8-5-16(28(32)33)11-14(18)12-23(19(26)13-25)20(29)24-22(31)27(21(23)30)15-3-6-17(34-2)7-4-15/h3-8,11,19H,9-10,12-13H2,1-2H3,(H,24,29,31)/t19-,23-/m1/s1. The van der Waals surface area contributed by atoms with Gasteiger partial charge in [-0.3, -0.25) is 25.0 Å². The molecule has 0 aromatic heterocycles. The number of likely N-dealkylation sites (N-methyl/N-ethyl adjacent to an activating group) is 1. The summed E-state index contributed by atoms with van der Waals surface area (Å²) in [7, 11) is 3.42. The molecule has 4 amide bonds. The van der Waals surface area contributed by atoms with Crippen LogP contribution in [-0.4, -0.2) is 67.5 Å². The van der Waals surface area contributed by atoms with Crippen LogP contribution in [0.25, 0.3) is 0 Å². The first-order valence-electron chi connectivity index (χ1n) is 10.8. The Morgan fingerprint density at radius 1 is 1.12 bits per heavy atom. The SMILES string of the molecule is COc1ccc(N2C(=O)NC(=O)[C@]3(Cc4cc([N+](=O)[O-])ccc4N4CCN(C)C[C@@H]43)C2=O)cc1. The largest absolute Gasteiger partial charge is 0.497 e. The van der Waals surface area contributed by atoms with E-state index in [2.05, 4.69) is 5.32 Å². The van der Waals surface area contributed by atoms with E-state index in [0.29, 0.717) is 36.6 Å². The normalized spacial score (nSPS) is 24.5. The molecule has 2 atom stereocenters. The fraction of sp³-hybridized carbons (Fsp3) is 0.348. The fourth-order valence-electron chi connectivity index (χ4n) is 5.22. The number of carbonyl (C=O) groups is 3. The summed E-state index contributed by atoms with van der Waals surface area (Å²) < 4.78 is 5.16. The third-order valence-corrected chi connectivity index (χ3v) is 6.95. The minimum Gasteiger partial charge on any atom is -0.497 e. The van der Waals surface area contributed by atoms with Crippen LogP contribution in [0, 0.1) is 15.5 Å². The lowest BCUT2D eigenvalue weighted by Gasteiger charge is -2.54. The summed E-state index contributed by atoms with van der Waals surface area (Å²) in [6.07, 6.45) is -0.0520. The second-order valence-corrected chi connectivity index (χ2v) is 8.79. The Hall–Kier alpha value is -3.99. The zero-order valence-electron chi connectivity index (χ0n) is 18.7. The quantitative estimate of drug-likeness (QED) is 0.411. The van der Waals surface area contributed by atoms with Crippen LogP contribution < -0.4 is 19.9 Å². The molecule has 5 rings (SSSR count). The number of hydrogen-bond donors (Lipinski definition) is 1. The second-order valence-electron chi connectivity index (χ2n) is 8.79. The predicted octanol–water partition coefficient (Wildman–Crippen LogP) is 1.55. The zero-order chi connectivity index (χ0) is 24.2. The van der Waals surface area contributed by atoms with Gasteiger partial charge in [0.1, 0.15) is 5.75 Å². The van der Waals surface area contributed by atoms with E-state index in [-0.39, 0.29) is 12.1 Å². The molecule has 3 aliphatic heterocycles. The van der Waals surface area contributed by atoms with E-state index < -0.39 is 34.2 Å². The van der Waals surface area contributed by atoms with Gasteiger partial charge in [0.05, 0.1) is 23.8 Å². The van der Waals surface area contributed by atoms with Crippen molar-refractivity contribution in [1.29, 1.82) is 0 Å². The average molecular weight is 465 g/mol. The van der Waals surface area contributed by atoms with Gasteiger partial charge in [0, 0.05) is 43.9 Å². The first kappa shape index (κ1) is 21.8. The first-order chi connectivity index (χ1) is 16.3. The van der Waals surface area contributed by atoms with Crippen molar-refractivity contribution in [2.24, 2.45) is 5.41 Å². The highest BCUT2D eigenvalue weighted by atomic mass is 16.6. The maximum Gasteiger partial charge on any atom is 0.335 e. The van der Waals surface area contributed by atoms with Crippen molar-refractivity contribution in [2.75, 3.05) is 43.6 Å². The molecule has 3 heterocycles. The van der Waals surface area contributed by atoms with E-state index in [0.717, 1.165) is 10.6 Å².